The molecule has 2 aromatic rings. The summed E-state index contributed by atoms with van der Waals surface area (Å²) in [5.74, 6) is 0.0222. The first-order valence-electron chi connectivity index (χ1n) is 8.36. The number of nitrogens with one attached hydrogen (secondary N) is 1. The van der Waals surface area contributed by atoms with Crippen LogP contribution in [0.5, 0.6) is 0 Å². The number of sulfonamides is 1. The van der Waals surface area contributed by atoms with Crippen LogP contribution in [-0.4, -0.2) is 26.6 Å². The molecule has 1 saturated heterocycles. The van der Waals surface area contributed by atoms with Crippen molar-refractivity contribution in [3.63, 3.8) is 0 Å². The molecular weight excluding hydrogens is 336 g/mol. The molecule has 0 aromatic heterocycles. The number of carbonyl (C=O) groups excluding carboxylic acids is 1. The molecule has 2 aromatic carbocycles. The van der Waals surface area contributed by atoms with Crippen LogP contribution in [0.15, 0.2) is 42.5 Å². The lowest BCUT2D eigenvalue weighted by molar-refractivity contribution is 0.102. The third kappa shape index (κ3) is 3.69. The third-order valence-corrected chi connectivity index (χ3v) is 6.32. The van der Waals surface area contributed by atoms with Gasteiger partial charge in [0, 0.05) is 17.8 Å². The molecule has 6 heteroatoms. The SMILES string of the molecule is Cc1ccccc1C(=O)Nc1ccc(N2CCCCS2(=O)=O)c(C)c1. The highest BCUT2D eigenvalue weighted by Crippen LogP contribution is 2.29. The number of hydrogen-bond acceptors (Lipinski definition) is 3. The summed E-state index contributed by atoms with van der Waals surface area (Å²) in [6.07, 6.45) is 1.58. The van der Waals surface area contributed by atoms with E-state index in [-0.39, 0.29) is 11.7 Å². The summed E-state index contributed by atoms with van der Waals surface area (Å²) in [7, 11) is -3.24. The quantitative estimate of drug-likeness (QED) is 0.913. The van der Waals surface area contributed by atoms with Gasteiger partial charge in [0.2, 0.25) is 10.0 Å². The molecule has 0 saturated carbocycles. The Morgan fingerprint density at radius 3 is 2.48 bits per heavy atom. The van der Waals surface area contributed by atoms with E-state index in [0.717, 1.165) is 17.5 Å². The fraction of sp³-hybridized carbons (Fsp3) is 0.316. The first-order valence-corrected chi connectivity index (χ1v) is 9.97. The first-order chi connectivity index (χ1) is 11.9. The molecule has 1 fully saturated rings. The summed E-state index contributed by atoms with van der Waals surface area (Å²) in [4.78, 5) is 12.4. The number of hydrogen-bond donors (Lipinski definition) is 1. The Bertz CT molecular complexity index is 907. The van der Waals surface area contributed by atoms with Crippen molar-refractivity contribution in [2.24, 2.45) is 0 Å². The minimum absolute atomic E-state index is 0.171. The Balaban J connectivity index is 1.83. The maximum Gasteiger partial charge on any atom is 0.255 e. The van der Waals surface area contributed by atoms with Crippen LogP contribution in [0.1, 0.15) is 34.3 Å². The summed E-state index contributed by atoms with van der Waals surface area (Å²) < 4.78 is 26.0. The number of rotatable bonds is 3. The first kappa shape index (κ1) is 17.5. The minimum Gasteiger partial charge on any atom is -0.322 e. The second-order valence-corrected chi connectivity index (χ2v) is 8.38. The second-order valence-electron chi connectivity index (χ2n) is 6.37. The van der Waals surface area contributed by atoms with Gasteiger partial charge in [-0.25, -0.2) is 8.42 Å². The molecule has 3 rings (SSSR count). The van der Waals surface area contributed by atoms with Gasteiger partial charge in [0.1, 0.15) is 0 Å². The van der Waals surface area contributed by atoms with Crippen LogP contribution < -0.4 is 9.62 Å². The molecule has 0 bridgehead atoms. The largest absolute Gasteiger partial charge is 0.322 e. The van der Waals surface area contributed by atoms with E-state index < -0.39 is 10.0 Å². The normalized spacial score (nSPS) is 16.5. The third-order valence-electron chi connectivity index (χ3n) is 4.46. The highest BCUT2D eigenvalue weighted by atomic mass is 32.2. The molecule has 0 atom stereocenters. The maximum absolute atomic E-state index is 12.4. The highest BCUT2D eigenvalue weighted by molar-refractivity contribution is 7.92. The number of carbonyl (C=O) groups is 1. The molecule has 1 heterocycles. The van der Waals surface area contributed by atoms with Gasteiger partial charge in [0.15, 0.2) is 0 Å². The lowest BCUT2D eigenvalue weighted by Gasteiger charge is -2.29. The zero-order chi connectivity index (χ0) is 18.0. The summed E-state index contributed by atoms with van der Waals surface area (Å²) in [6, 6.07) is 12.7. The van der Waals surface area contributed by atoms with Gasteiger partial charge in [-0.05, 0) is 62.1 Å². The molecular formula is C19H22N2O3S. The summed E-state index contributed by atoms with van der Waals surface area (Å²) in [6.45, 7) is 4.27. The van der Waals surface area contributed by atoms with Crippen molar-refractivity contribution in [2.75, 3.05) is 21.9 Å². The van der Waals surface area contributed by atoms with Crippen molar-refractivity contribution in [1.82, 2.24) is 0 Å². The van der Waals surface area contributed by atoms with Crippen LogP contribution in [0.25, 0.3) is 0 Å². The van der Waals surface area contributed by atoms with Gasteiger partial charge in [-0.2, -0.15) is 0 Å². The van der Waals surface area contributed by atoms with Gasteiger partial charge in [0.05, 0.1) is 11.4 Å². The smallest absolute Gasteiger partial charge is 0.255 e. The van der Waals surface area contributed by atoms with Crippen molar-refractivity contribution in [2.45, 2.75) is 26.7 Å². The van der Waals surface area contributed by atoms with E-state index in [4.69, 9.17) is 0 Å². The Kier molecular flexibility index (Phi) is 4.81. The highest BCUT2D eigenvalue weighted by Gasteiger charge is 2.27. The Labute approximate surface area is 148 Å². The average molecular weight is 358 g/mol. The molecule has 1 aliphatic rings. The van der Waals surface area contributed by atoms with Gasteiger partial charge < -0.3 is 5.32 Å². The number of anilines is 2. The molecule has 5 nitrogen and oxygen atoms in total. The molecule has 0 unspecified atom stereocenters. The second kappa shape index (κ2) is 6.88. The Morgan fingerprint density at radius 2 is 1.80 bits per heavy atom. The van der Waals surface area contributed by atoms with Crippen molar-refractivity contribution in [3.05, 3.63) is 59.2 Å². The van der Waals surface area contributed by atoms with E-state index in [1.54, 1.807) is 18.2 Å². The topological polar surface area (TPSA) is 66.5 Å². The predicted molar refractivity (Wildman–Crippen MR) is 101 cm³/mol. The van der Waals surface area contributed by atoms with Gasteiger partial charge in [-0.15, -0.1) is 0 Å². The molecule has 25 heavy (non-hydrogen) atoms. The summed E-state index contributed by atoms with van der Waals surface area (Å²) >= 11 is 0. The molecule has 132 valence electrons. The zero-order valence-corrected chi connectivity index (χ0v) is 15.3. The van der Waals surface area contributed by atoms with E-state index >= 15 is 0 Å². The standard InChI is InChI=1S/C19H22N2O3S/c1-14-7-3-4-8-17(14)19(22)20-16-9-10-18(15(2)13-16)21-11-5-6-12-25(21,23)24/h3-4,7-10,13H,5-6,11-12H2,1-2H3,(H,20,22). The van der Waals surface area contributed by atoms with Crippen LogP contribution in [0.4, 0.5) is 11.4 Å². The van der Waals surface area contributed by atoms with Gasteiger partial charge in [0.25, 0.3) is 5.91 Å². The number of amides is 1. The summed E-state index contributed by atoms with van der Waals surface area (Å²) in [5, 5.41) is 2.88. The average Bonchev–Trinajstić information content (AvgIpc) is 2.56. The molecule has 0 radical (unpaired) electrons. The van der Waals surface area contributed by atoms with Crippen LogP contribution in [-0.2, 0) is 10.0 Å². The number of nitrogens with zero attached hydrogens (tertiary/aromatic N) is 1. The van der Waals surface area contributed by atoms with Gasteiger partial charge in [-0.3, -0.25) is 9.10 Å². The van der Waals surface area contributed by atoms with Gasteiger partial charge in [-0.1, -0.05) is 18.2 Å². The van der Waals surface area contributed by atoms with E-state index in [9.17, 15) is 13.2 Å². The predicted octanol–water partition coefficient (Wildman–Crippen LogP) is 3.49. The van der Waals surface area contributed by atoms with E-state index in [2.05, 4.69) is 5.32 Å². The summed E-state index contributed by atoms with van der Waals surface area (Å²) in [5.41, 5.74) is 3.71. The Morgan fingerprint density at radius 1 is 1.04 bits per heavy atom. The van der Waals surface area contributed by atoms with Crippen molar-refractivity contribution < 1.29 is 13.2 Å². The molecule has 1 N–H and O–H groups in total. The fourth-order valence-electron chi connectivity index (χ4n) is 3.10. The van der Waals surface area contributed by atoms with Crippen molar-refractivity contribution in [3.8, 4) is 0 Å². The molecule has 0 aliphatic carbocycles. The molecule has 1 aliphatic heterocycles. The van der Waals surface area contributed by atoms with Crippen molar-refractivity contribution in [1.29, 1.82) is 0 Å². The number of aryl methyl sites for hydroxylation is 2. The molecule has 1 amide bonds. The lowest BCUT2D eigenvalue weighted by atomic mass is 10.1. The van der Waals surface area contributed by atoms with Crippen molar-refractivity contribution >= 4 is 27.3 Å². The van der Waals surface area contributed by atoms with Crippen LogP contribution in [0, 0.1) is 13.8 Å². The van der Waals surface area contributed by atoms with Crippen LogP contribution in [0.3, 0.4) is 0 Å². The number of benzene rings is 2. The Hall–Kier alpha value is -2.34. The van der Waals surface area contributed by atoms with E-state index in [0.29, 0.717) is 29.9 Å². The monoisotopic (exact) mass is 358 g/mol. The minimum atomic E-state index is -3.24. The van der Waals surface area contributed by atoms with Crippen LogP contribution >= 0.6 is 0 Å². The zero-order valence-electron chi connectivity index (χ0n) is 14.5. The van der Waals surface area contributed by atoms with Crippen LogP contribution in [0.2, 0.25) is 0 Å². The maximum atomic E-state index is 12.4. The van der Waals surface area contributed by atoms with E-state index in [1.165, 1.54) is 4.31 Å². The molecule has 0 spiro atoms. The fourth-order valence-corrected chi connectivity index (χ4v) is 4.80. The van der Waals surface area contributed by atoms with Gasteiger partial charge >= 0.3 is 0 Å². The lowest BCUT2D eigenvalue weighted by Crippen LogP contribution is -2.38. The van der Waals surface area contributed by atoms with E-state index in [1.807, 2.05) is 38.1 Å².